The summed E-state index contributed by atoms with van der Waals surface area (Å²) in [6, 6.07) is 6.15. The van der Waals surface area contributed by atoms with E-state index >= 15 is 0 Å². The van der Waals surface area contributed by atoms with Crippen LogP contribution in [0.25, 0.3) is 0 Å². The van der Waals surface area contributed by atoms with Gasteiger partial charge in [-0.2, -0.15) is 0 Å². The Hall–Kier alpha value is -1.39. The number of hydrogen-bond donors (Lipinski definition) is 3. The predicted molar refractivity (Wildman–Crippen MR) is 110 cm³/mol. The Bertz CT molecular complexity index is 724. The molecule has 0 saturated carbocycles. The molecule has 28 heavy (non-hydrogen) atoms. The first-order valence-electron chi connectivity index (χ1n) is 9.40. The highest BCUT2D eigenvalue weighted by Gasteiger charge is 2.15. The Labute approximate surface area is 172 Å². The van der Waals surface area contributed by atoms with Crippen molar-refractivity contribution in [1.29, 1.82) is 0 Å². The minimum atomic E-state index is -3.58. The summed E-state index contributed by atoms with van der Waals surface area (Å²) in [6.45, 7) is 3.48. The number of sulfonamides is 1. The van der Waals surface area contributed by atoms with Gasteiger partial charge in [0, 0.05) is 44.9 Å². The van der Waals surface area contributed by atoms with Crippen molar-refractivity contribution < 1.29 is 17.9 Å². The summed E-state index contributed by atoms with van der Waals surface area (Å²) in [7, 11) is -1.92. The largest absolute Gasteiger partial charge is 0.379 e. The van der Waals surface area contributed by atoms with E-state index in [0.717, 1.165) is 25.9 Å². The molecule has 1 aromatic carbocycles. The van der Waals surface area contributed by atoms with Gasteiger partial charge in [0.2, 0.25) is 10.0 Å². The maximum absolute atomic E-state index is 12.2. The summed E-state index contributed by atoms with van der Waals surface area (Å²) < 4.78 is 38.0. The minimum Gasteiger partial charge on any atom is -0.379 e. The first-order valence-corrected chi connectivity index (χ1v) is 11.3. The molecule has 1 atom stereocenters. The van der Waals surface area contributed by atoms with Gasteiger partial charge in [0.15, 0.2) is 5.96 Å². The van der Waals surface area contributed by atoms with Gasteiger partial charge >= 0.3 is 0 Å². The standard InChI is InChI=1S/C18H29ClN4O4S/c1-20-18(21-8-4-11-26-14-16-6-3-12-27-16)22-9-10-23-28(24,25)17-7-2-5-15(19)13-17/h2,5,7,13,16,23H,3-4,6,8-12,14H2,1H3,(H2,20,21,22). The Kier molecular flexibility index (Phi) is 10.0. The number of halogens is 1. The molecule has 0 amide bonds. The molecule has 1 fully saturated rings. The van der Waals surface area contributed by atoms with Crippen LogP contribution >= 0.6 is 11.6 Å². The molecule has 1 heterocycles. The number of nitrogens with zero attached hydrogens (tertiary/aromatic N) is 1. The van der Waals surface area contributed by atoms with Gasteiger partial charge in [-0.25, -0.2) is 13.1 Å². The molecule has 2 rings (SSSR count). The van der Waals surface area contributed by atoms with Gasteiger partial charge in [-0.15, -0.1) is 0 Å². The molecule has 3 N–H and O–H groups in total. The number of ether oxygens (including phenoxy) is 2. The Morgan fingerprint density at radius 3 is 2.86 bits per heavy atom. The predicted octanol–water partition coefficient (Wildman–Crippen LogP) is 1.37. The van der Waals surface area contributed by atoms with Crippen molar-refractivity contribution >= 4 is 27.6 Å². The van der Waals surface area contributed by atoms with Crippen LogP contribution in [0.4, 0.5) is 0 Å². The van der Waals surface area contributed by atoms with E-state index in [1.54, 1.807) is 19.2 Å². The number of guanidine groups is 1. The molecule has 8 nitrogen and oxygen atoms in total. The van der Waals surface area contributed by atoms with E-state index in [1.165, 1.54) is 12.1 Å². The molecule has 1 aliphatic rings. The van der Waals surface area contributed by atoms with Gasteiger partial charge < -0.3 is 20.1 Å². The normalized spacial score (nSPS) is 17.6. The Morgan fingerprint density at radius 2 is 2.14 bits per heavy atom. The fraction of sp³-hybridized carbons (Fsp3) is 0.611. The van der Waals surface area contributed by atoms with Crippen LogP contribution in [-0.2, 0) is 19.5 Å². The SMILES string of the molecule is CN=C(NCCCOCC1CCCO1)NCCNS(=O)(=O)c1cccc(Cl)c1. The van der Waals surface area contributed by atoms with Gasteiger partial charge in [-0.3, -0.25) is 4.99 Å². The van der Waals surface area contributed by atoms with Gasteiger partial charge in [0.1, 0.15) is 0 Å². The smallest absolute Gasteiger partial charge is 0.240 e. The van der Waals surface area contributed by atoms with Crippen molar-refractivity contribution in [3.63, 3.8) is 0 Å². The summed E-state index contributed by atoms with van der Waals surface area (Å²) in [5.41, 5.74) is 0. The van der Waals surface area contributed by atoms with E-state index < -0.39 is 10.0 Å². The molecule has 0 aliphatic carbocycles. The molecule has 1 unspecified atom stereocenters. The van der Waals surface area contributed by atoms with E-state index in [0.29, 0.717) is 37.3 Å². The molecule has 10 heteroatoms. The van der Waals surface area contributed by atoms with Crippen LogP contribution in [0.2, 0.25) is 5.02 Å². The summed E-state index contributed by atoms with van der Waals surface area (Å²) >= 11 is 5.84. The maximum Gasteiger partial charge on any atom is 0.240 e. The van der Waals surface area contributed by atoms with E-state index in [4.69, 9.17) is 21.1 Å². The second-order valence-electron chi connectivity index (χ2n) is 6.34. The molecular weight excluding hydrogens is 404 g/mol. The third-order valence-corrected chi connectivity index (χ3v) is 5.82. The van der Waals surface area contributed by atoms with Crippen LogP contribution < -0.4 is 15.4 Å². The fourth-order valence-corrected chi connectivity index (χ4v) is 4.01. The number of rotatable bonds is 11. The molecule has 1 aliphatic heterocycles. The average Bonchev–Trinajstić information content (AvgIpc) is 3.19. The van der Waals surface area contributed by atoms with Crippen molar-refractivity contribution in [3.05, 3.63) is 29.3 Å². The van der Waals surface area contributed by atoms with Crippen molar-refractivity contribution in [2.24, 2.45) is 4.99 Å². The highest BCUT2D eigenvalue weighted by atomic mass is 35.5. The lowest BCUT2D eigenvalue weighted by atomic mass is 10.2. The lowest BCUT2D eigenvalue weighted by molar-refractivity contribution is 0.0168. The second-order valence-corrected chi connectivity index (χ2v) is 8.55. The quantitative estimate of drug-likeness (QED) is 0.277. The van der Waals surface area contributed by atoms with E-state index in [1.807, 2.05) is 0 Å². The second kappa shape index (κ2) is 12.2. The molecule has 0 bridgehead atoms. The molecule has 158 valence electrons. The van der Waals surface area contributed by atoms with Crippen molar-refractivity contribution in [2.45, 2.75) is 30.3 Å². The first kappa shape index (κ1) is 22.9. The third-order valence-electron chi connectivity index (χ3n) is 4.13. The Morgan fingerprint density at radius 1 is 1.32 bits per heavy atom. The van der Waals surface area contributed by atoms with E-state index in [2.05, 4.69) is 20.3 Å². The molecular formula is C18H29ClN4O4S. The van der Waals surface area contributed by atoms with Crippen molar-refractivity contribution in [3.8, 4) is 0 Å². The van der Waals surface area contributed by atoms with Gasteiger partial charge in [0.25, 0.3) is 0 Å². The summed E-state index contributed by atoms with van der Waals surface area (Å²) in [6.07, 6.45) is 3.29. The molecule has 0 spiro atoms. The number of nitrogens with one attached hydrogen (secondary N) is 3. The number of benzene rings is 1. The van der Waals surface area contributed by atoms with Crippen LogP contribution in [0.3, 0.4) is 0 Å². The average molecular weight is 433 g/mol. The fourth-order valence-electron chi connectivity index (χ4n) is 2.68. The van der Waals surface area contributed by atoms with Crippen LogP contribution in [0.1, 0.15) is 19.3 Å². The zero-order chi connectivity index (χ0) is 20.2. The minimum absolute atomic E-state index is 0.144. The van der Waals surface area contributed by atoms with Crippen LogP contribution in [-0.4, -0.2) is 67.0 Å². The zero-order valence-corrected chi connectivity index (χ0v) is 17.7. The summed E-state index contributed by atoms with van der Waals surface area (Å²) in [5, 5.41) is 6.61. The monoisotopic (exact) mass is 432 g/mol. The molecule has 0 radical (unpaired) electrons. The van der Waals surface area contributed by atoms with Crippen LogP contribution in [0.5, 0.6) is 0 Å². The molecule has 1 aromatic rings. The molecule has 0 aromatic heterocycles. The van der Waals surface area contributed by atoms with Crippen LogP contribution in [0.15, 0.2) is 34.2 Å². The summed E-state index contributed by atoms with van der Waals surface area (Å²) in [4.78, 5) is 4.26. The van der Waals surface area contributed by atoms with Crippen molar-refractivity contribution in [2.75, 3.05) is 46.5 Å². The van der Waals surface area contributed by atoms with Gasteiger partial charge in [0.05, 0.1) is 17.6 Å². The summed E-state index contributed by atoms with van der Waals surface area (Å²) in [5.74, 6) is 0.612. The third kappa shape index (κ3) is 8.32. The molecule has 1 saturated heterocycles. The highest BCUT2D eigenvalue weighted by Crippen LogP contribution is 2.15. The van der Waals surface area contributed by atoms with E-state index in [9.17, 15) is 8.42 Å². The van der Waals surface area contributed by atoms with Gasteiger partial charge in [-0.1, -0.05) is 17.7 Å². The zero-order valence-electron chi connectivity index (χ0n) is 16.1. The van der Waals surface area contributed by atoms with Crippen molar-refractivity contribution in [1.82, 2.24) is 15.4 Å². The first-order chi connectivity index (χ1) is 13.5. The highest BCUT2D eigenvalue weighted by molar-refractivity contribution is 7.89. The number of aliphatic imine (C=N–C) groups is 1. The topological polar surface area (TPSA) is 101 Å². The van der Waals surface area contributed by atoms with Gasteiger partial charge in [-0.05, 0) is 37.5 Å². The lowest BCUT2D eigenvalue weighted by Gasteiger charge is -2.13. The maximum atomic E-state index is 12.2. The van der Waals surface area contributed by atoms with E-state index in [-0.39, 0.29) is 17.5 Å². The number of hydrogen-bond acceptors (Lipinski definition) is 5. The lowest BCUT2D eigenvalue weighted by Crippen LogP contribution is -2.42. The van der Waals surface area contributed by atoms with Crippen LogP contribution in [0, 0.1) is 0 Å². The Balaban J connectivity index is 1.56.